The molecule has 1 aromatic rings. The number of nitrogens with zero attached hydrogens (tertiary/aromatic N) is 1. The molecule has 2 amide bonds. The van der Waals surface area contributed by atoms with Crippen molar-refractivity contribution in [3.63, 3.8) is 0 Å². The van der Waals surface area contributed by atoms with Crippen molar-refractivity contribution >= 4 is 6.03 Å². The molecule has 0 unspecified atom stereocenters. The first kappa shape index (κ1) is 13.5. The SMILES string of the molecule is Cc1noc(C)c1CCNC(=O)NCCCO. The zero-order valence-corrected chi connectivity index (χ0v) is 10.2. The van der Waals surface area contributed by atoms with Crippen LogP contribution < -0.4 is 10.6 Å². The van der Waals surface area contributed by atoms with Crippen molar-refractivity contribution in [1.82, 2.24) is 15.8 Å². The number of aryl methyl sites for hydroxylation is 2. The molecular formula is C11H19N3O3. The number of carbonyl (C=O) groups excluding carboxylic acids is 1. The first-order valence-corrected chi connectivity index (χ1v) is 5.69. The molecule has 1 aromatic heterocycles. The van der Waals surface area contributed by atoms with Crippen molar-refractivity contribution in [3.8, 4) is 0 Å². The van der Waals surface area contributed by atoms with Crippen molar-refractivity contribution in [1.29, 1.82) is 0 Å². The Labute approximate surface area is 100 Å². The Morgan fingerprint density at radius 3 is 2.65 bits per heavy atom. The van der Waals surface area contributed by atoms with Gasteiger partial charge in [0.2, 0.25) is 0 Å². The highest BCUT2D eigenvalue weighted by molar-refractivity contribution is 5.73. The van der Waals surface area contributed by atoms with E-state index in [1.54, 1.807) is 0 Å². The molecule has 6 heteroatoms. The minimum atomic E-state index is -0.217. The first-order chi connectivity index (χ1) is 8.15. The molecule has 96 valence electrons. The number of aliphatic hydroxyl groups excluding tert-OH is 1. The molecule has 0 aliphatic rings. The van der Waals surface area contributed by atoms with Gasteiger partial charge in [0.05, 0.1) is 5.69 Å². The van der Waals surface area contributed by atoms with Gasteiger partial charge in [0.15, 0.2) is 0 Å². The number of nitrogens with one attached hydrogen (secondary N) is 2. The minimum Gasteiger partial charge on any atom is -0.396 e. The molecular weight excluding hydrogens is 222 g/mol. The molecule has 0 bridgehead atoms. The summed E-state index contributed by atoms with van der Waals surface area (Å²) in [6, 6.07) is -0.217. The number of hydrogen-bond acceptors (Lipinski definition) is 4. The van der Waals surface area contributed by atoms with Crippen LogP contribution in [0.1, 0.15) is 23.4 Å². The molecule has 1 heterocycles. The van der Waals surface area contributed by atoms with Gasteiger partial charge < -0.3 is 20.3 Å². The molecule has 0 aliphatic heterocycles. The second kappa shape index (κ2) is 6.90. The summed E-state index contributed by atoms with van der Waals surface area (Å²) < 4.78 is 5.03. The predicted molar refractivity (Wildman–Crippen MR) is 62.8 cm³/mol. The zero-order chi connectivity index (χ0) is 12.7. The van der Waals surface area contributed by atoms with E-state index in [2.05, 4.69) is 15.8 Å². The molecule has 1 rings (SSSR count). The molecule has 0 saturated heterocycles. The number of hydrogen-bond donors (Lipinski definition) is 3. The Morgan fingerprint density at radius 2 is 2.06 bits per heavy atom. The molecule has 6 nitrogen and oxygen atoms in total. The zero-order valence-electron chi connectivity index (χ0n) is 10.2. The van der Waals surface area contributed by atoms with Crippen molar-refractivity contribution in [2.45, 2.75) is 26.7 Å². The van der Waals surface area contributed by atoms with Gasteiger partial charge >= 0.3 is 6.03 Å². The van der Waals surface area contributed by atoms with E-state index in [1.165, 1.54) is 0 Å². The quantitative estimate of drug-likeness (QED) is 0.633. The number of amides is 2. The Hall–Kier alpha value is -1.56. The molecule has 0 aromatic carbocycles. The molecule has 0 radical (unpaired) electrons. The fourth-order valence-corrected chi connectivity index (χ4v) is 1.50. The summed E-state index contributed by atoms with van der Waals surface area (Å²) in [5.74, 6) is 0.796. The lowest BCUT2D eigenvalue weighted by Gasteiger charge is -2.06. The van der Waals surface area contributed by atoms with E-state index in [0.717, 1.165) is 17.0 Å². The standard InChI is InChI=1S/C11H19N3O3/c1-8-10(9(2)17-14-8)4-6-13-11(16)12-5-3-7-15/h15H,3-7H2,1-2H3,(H2,12,13,16). The number of rotatable bonds is 6. The molecule has 0 saturated carbocycles. The maximum atomic E-state index is 11.3. The smallest absolute Gasteiger partial charge is 0.314 e. The van der Waals surface area contributed by atoms with Crippen LogP contribution in [0.25, 0.3) is 0 Å². The third-order valence-corrected chi connectivity index (χ3v) is 2.46. The summed E-state index contributed by atoms with van der Waals surface area (Å²) in [5.41, 5.74) is 1.91. The summed E-state index contributed by atoms with van der Waals surface area (Å²) in [6.45, 7) is 4.84. The molecule has 17 heavy (non-hydrogen) atoms. The Bertz CT molecular complexity index is 343. The van der Waals surface area contributed by atoms with E-state index in [0.29, 0.717) is 25.9 Å². The lowest BCUT2D eigenvalue weighted by atomic mass is 10.1. The third kappa shape index (κ3) is 4.44. The number of aliphatic hydroxyl groups is 1. The van der Waals surface area contributed by atoms with Gasteiger partial charge in [0, 0.05) is 25.3 Å². The minimum absolute atomic E-state index is 0.0827. The summed E-state index contributed by atoms with van der Waals surface area (Å²) in [4.78, 5) is 11.3. The van der Waals surface area contributed by atoms with Crippen LogP contribution in [0.2, 0.25) is 0 Å². The first-order valence-electron chi connectivity index (χ1n) is 5.69. The fraction of sp³-hybridized carbons (Fsp3) is 0.636. The van der Waals surface area contributed by atoms with Crippen LogP contribution in [0.4, 0.5) is 4.79 Å². The van der Waals surface area contributed by atoms with Gasteiger partial charge in [-0.3, -0.25) is 0 Å². The van der Waals surface area contributed by atoms with E-state index in [4.69, 9.17) is 9.63 Å². The lowest BCUT2D eigenvalue weighted by Crippen LogP contribution is -2.37. The van der Waals surface area contributed by atoms with Gasteiger partial charge in [0.25, 0.3) is 0 Å². The monoisotopic (exact) mass is 241 g/mol. The number of urea groups is 1. The van der Waals surface area contributed by atoms with Crippen molar-refractivity contribution in [3.05, 3.63) is 17.0 Å². The van der Waals surface area contributed by atoms with Crippen LogP contribution in [0.3, 0.4) is 0 Å². The number of aromatic nitrogens is 1. The van der Waals surface area contributed by atoms with Gasteiger partial charge in [0.1, 0.15) is 5.76 Å². The van der Waals surface area contributed by atoms with Gasteiger partial charge in [-0.15, -0.1) is 0 Å². The maximum Gasteiger partial charge on any atom is 0.314 e. The average Bonchev–Trinajstić information content (AvgIpc) is 2.61. The van der Waals surface area contributed by atoms with Gasteiger partial charge in [-0.25, -0.2) is 4.79 Å². The van der Waals surface area contributed by atoms with Gasteiger partial charge in [-0.1, -0.05) is 5.16 Å². The van der Waals surface area contributed by atoms with E-state index < -0.39 is 0 Å². The van der Waals surface area contributed by atoms with Crippen LogP contribution >= 0.6 is 0 Å². The van der Waals surface area contributed by atoms with Crippen molar-refractivity contribution in [2.75, 3.05) is 19.7 Å². The highest BCUT2D eigenvalue weighted by Crippen LogP contribution is 2.11. The van der Waals surface area contributed by atoms with Crippen molar-refractivity contribution in [2.24, 2.45) is 0 Å². The number of carbonyl (C=O) groups is 1. The Balaban J connectivity index is 2.21. The van der Waals surface area contributed by atoms with Crippen LogP contribution in [0.15, 0.2) is 4.52 Å². The topological polar surface area (TPSA) is 87.4 Å². The summed E-state index contributed by atoms with van der Waals surface area (Å²) in [5, 5.41) is 17.8. The molecule has 0 aliphatic carbocycles. The Morgan fingerprint density at radius 1 is 1.35 bits per heavy atom. The second-order valence-corrected chi connectivity index (χ2v) is 3.81. The predicted octanol–water partition coefficient (Wildman–Crippen LogP) is 0.516. The van der Waals surface area contributed by atoms with Crippen LogP contribution in [0.5, 0.6) is 0 Å². The van der Waals surface area contributed by atoms with Gasteiger partial charge in [-0.2, -0.15) is 0 Å². The molecule has 3 N–H and O–H groups in total. The summed E-state index contributed by atoms with van der Waals surface area (Å²) >= 11 is 0. The maximum absolute atomic E-state index is 11.3. The molecule has 0 fully saturated rings. The fourth-order valence-electron chi connectivity index (χ4n) is 1.50. The highest BCUT2D eigenvalue weighted by Gasteiger charge is 2.08. The average molecular weight is 241 g/mol. The lowest BCUT2D eigenvalue weighted by molar-refractivity contribution is 0.238. The normalized spacial score (nSPS) is 10.3. The summed E-state index contributed by atoms with van der Waals surface area (Å²) in [6.07, 6.45) is 1.27. The molecule has 0 spiro atoms. The third-order valence-electron chi connectivity index (χ3n) is 2.46. The van der Waals surface area contributed by atoms with Crippen molar-refractivity contribution < 1.29 is 14.4 Å². The van der Waals surface area contributed by atoms with Crippen LogP contribution in [-0.4, -0.2) is 36.0 Å². The van der Waals surface area contributed by atoms with Gasteiger partial charge in [-0.05, 0) is 26.7 Å². The Kier molecular flexibility index (Phi) is 5.48. The van der Waals surface area contributed by atoms with Crippen LogP contribution in [0, 0.1) is 13.8 Å². The van der Waals surface area contributed by atoms with E-state index in [1.807, 2.05) is 13.8 Å². The summed E-state index contributed by atoms with van der Waals surface area (Å²) in [7, 11) is 0. The van der Waals surface area contributed by atoms with E-state index in [9.17, 15) is 4.79 Å². The molecule has 0 atom stereocenters. The second-order valence-electron chi connectivity index (χ2n) is 3.81. The van der Waals surface area contributed by atoms with E-state index in [-0.39, 0.29) is 12.6 Å². The van der Waals surface area contributed by atoms with E-state index >= 15 is 0 Å². The van der Waals surface area contributed by atoms with Crippen LogP contribution in [-0.2, 0) is 6.42 Å². The highest BCUT2D eigenvalue weighted by atomic mass is 16.5. The largest absolute Gasteiger partial charge is 0.396 e.